The second-order valence-electron chi connectivity index (χ2n) is 5.23. The molecule has 1 heterocycles. The number of rotatable bonds is 6. The summed E-state index contributed by atoms with van der Waals surface area (Å²) in [6, 6.07) is 8.94. The first-order valence-electron chi connectivity index (χ1n) is 7.20. The molecule has 1 aromatic rings. The van der Waals surface area contributed by atoms with Crippen molar-refractivity contribution in [3.8, 4) is 0 Å². The third-order valence-corrected chi connectivity index (χ3v) is 3.86. The maximum absolute atomic E-state index is 3.54. The molecule has 17 heavy (non-hydrogen) atoms. The van der Waals surface area contributed by atoms with Crippen molar-refractivity contribution in [3.63, 3.8) is 0 Å². The molecule has 0 saturated carbocycles. The lowest BCUT2D eigenvalue weighted by Gasteiger charge is -2.26. The molecule has 1 unspecified atom stereocenters. The Kier molecular flexibility index (Phi) is 5.06. The van der Waals surface area contributed by atoms with E-state index in [1.807, 2.05) is 0 Å². The molecule has 1 aliphatic rings. The molecule has 1 atom stereocenters. The normalized spacial score (nSPS) is 19.0. The molecule has 0 aliphatic carbocycles. The van der Waals surface area contributed by atoms with Gasteiger partial charge in [0.05, 0.1) is 0 Å². The molecule has 1 nitrogen and oxygen atoms in total. The quantitative estimate of drug-likeness (QED) is 0.722. The van der Waals surface area contributed by atoms with Gasteiger partial charge < -0.3 is 5.32 Å². The third kappa shape index (κ3) is 3.57. The molecule has 1 aliphatic heterocycles. The highest BCUT2D eigenvalue weighted by atomic mass is 14.9. The van der Waals surface area contributed by atoms with Gasteiger partial charge in [-0.1, -0.05) is 63.3 Å². The zero-order chi connectivity index (χ0) is 11.9. The fraction of sp³-hybridized carbons (Fsp3) is 0.625. The highest BCUT2D eigenvalue weighted by Crippen LogP contribution is 2.28. The molecule has 0 fully saturated rings. The van der Waals surface area contributed by atoms with Crippen LogP contribution in [0.1, 0.15) is 62.5 Å². The van der Waals surface area contributed by atoms with E-state index in [0.29, 0.717) is 0 Å². The van der Waals surface area contributed by atoms with Gasteiger partial charge in [0.25, 0.3) is 0 Å². The van der Waals surface area contributed by atoms with Crippen molar-refractivity contribution in [2.24, 2.45) is 0 Å². The van der Waals surface area contributed by atoms with Gasteiger partial charge in [-0.05, 0) is 23.5 Å². The monoisotopic (exact) mass is 231 g/mol. The van der Waals surface area contributed by atoms with E-state index in [4.69, 9.17) is 0 Å². The number of hydrogen-bond donors (Lipinski definition) is 1. The van der Waals surface area contributed by atoms with E-state index in [0.717, 1.165) is 12.5 Å². The summed E-state index contributed by atoms with van der Waals surface area (Å²) in [7, 11) is 0. The molecule has 94 valence electrons. The summed E-state index contributed by atoms with van der Waals surface area (Å²) < 4.78 is 0. The Bertz CT molecular complexity index is 332. The molecule has 1 N–H and O–H groups in total. The number of benzene rings is 1. The minimum atomic E-state index is 0.751. The average Bonchev–Trinajstić information content (AvgIpc) is 2.39. The number of hydrogen-bond acceptors (Lipinski definition) is 1. The van der Waals surface area contributed by atoms with Gasteiger partial charge in [0, 0.05) is 13.1 Å². The standard InChI is InChI=1S/C16H25N/c1-2-3-4-5-6-9-14-12-17-13-15-10-7-8-11-16(14)15/h7-8,10-11,14,17H,2-6,9,12-13H2,1H3. The van der Waals surface area contributed by atoms with Crippen LogP contribution < -0.4 is 5.32 Å². The minimum absolute atomic E-state index is 0.751. The topological polar surface area (TPSA) is 12.0 Å². The van der Waals surface area contributed by atoms with Gasteiger partial charge in [0.2, 0.25) is 0 Å². The Balaban J connectivity index is 1.82. The molecule has 0 amide bonds. The van der Waals surface area contributed by atoms with E-state index in [9.17, 15) is 0 Å². The summed E-state index contributed by atoms with van der Waals surface area (Å²) in [6.45, 7) is 4.51. The zero-order valence-corrected chi connectivity index (χ0v) is 11.0. The molecule has 2 rings (SSSR count). The van der Waals surface area contributed by atoms with Crippen LogP contribution in [-0.4, -0.2) is 6.54 Å². The molecular weight excluding hydrogens is 206 g/mol. The van der Waals surface area contributed by atoms with Crippen LogP contribution in [0.3, 0.4) is 0 Å². The molecule has 0 saturated heterocycles. The minimum Gasteiger partial charge on any atom is -0.312 e. The Morgan fingerprint density at radius 2 is 1.94 bits per heavy atom. The fourth-order valence-corrected chi connectivity index (χ4v) is 2.84. The van der Waals surface area contributed by atoms with E-state index in [1.54, 1.807) is 5.56 Å². The van der Waals surface area contributed by atoms with Gasteiger partial charge in [-0.2, -0.15) is 0 Å². The first-order chi connectivity index (χ1) is 8.42. The van der Waals surface area contributed by atoms with Crippen molar-refractivity contribution in [2.45, 2.75) is 57.9 Å². The van der Waals surface area contributed by atoms with Crippen LogP contribution in [-0.2, 0) is 6.54 Å². The number of fused-ring (bicyclic) bond motifs is 1. The van der Waals surface area contributed by atoms with Gasteiger partial charge in [0.1, 0.15) is 0 Å². The summed E-state index contributed by atoms with van der Waals surface area (Å²) in [5.41, 5.74) is 3.11. The molecule has 0 radical (unpaired) electrons. The summed E-state index contributed by atoms with van der Waals surface area (Å²) in [5, 5.41) is 3.54. The summed E-state index contributed by atoms with van der Waals surface area (Å²) >= 11 is 0. The van der Waals surface area contributed by atoms with E-state index in [1.165, 1.54) is 50.6 Å². The van der Waals surface area contributed by atoms with Gasteiger partial charge >= 0.3 is 0 Å². The second-order valence-corrected chi connectivity index (χ2v) is 5.23. The highest BCUT2D eigenvalue weighted by molar-refractivity contribution is 5.32. The van der Waals surface area contributed by atoms with Gasteiger partial charge in [-0.25, -0.2) is 0 Å². The van der Waals surface area contributed by atoms with Crippen LogP contribution in [0.5, 0.6) is 0 Å². The van der Waals surface area contributed by atoms with Crippen molar-refractivity contribution in [1.29, 1.82) is 0 Å². The lowest BCUT2D eigenvalue weighted by Crippen LogP contribution is -2.28. The SMILES string of the molecule is CCCCCCCC1CNCc2ccccc21. The molecule has 0 bridgehead atoms. The first kappa shape index (κ1) is 12.6. The summed E-state index contributed by atoms with van der Waals surface area (Å²) in [5.74, 6) is 0.751. The number of nitrogens with one attached hydrogen (secondary N) is 1. The lowest BCUT2D eigenvalue weighted by atomic mass is 9.87. The van der Waals surface area contributed by atoms with Crippen LogP contribution in [0, 0.1) is 0 Å². The van der Waals surface area contributed by atoms with Crippen molar-refractivity contribution in [2.75, 3.05) is 6.54 Å². The summed E-state index contributed by atoms with van der Waals surface area (Å²) in [4.78, 5) is 0. The van der Waals surface area contributed by atoms with E-state index < -0.39 is 0 Å². The highest BCUT2D eigenvalue weighted by Gasteiger charge is 2.18. The molecule has 0 spiro atoms. The Hall–Kier alpha value is -0.820. The van der Waals surface area contributed by atoms with Crippen LogP contribution in [0.25, 0.3) is 0 Å². The third-order valence-electron chi connectivity index (χ3n) is 3.86. The molecule has 0 aromatic heterocycles. The Morgan fingerprint density at radius 1 is 1.12 bits per heavy atom. The van der Waals surface area contributed by atoms with Crippen molar-refractivity contribution >= 4 is 0 Å². The maximum atomic E-state index is 3.54. The lowest BCUT2D eigenvalue weighted by molar-refractivity contribution is 0.484. The van der Waals surface area contributed by atoms with E-state index in [-0.39, 0.29) is 0 Å². The van der Waals surface area contributed by atoms with E-state index >= 15 is 0 Å². The predicted molar refractivity (Wildman–Crippen MR) is 74.3 cm³/mol. The van der Waals surface area contributed by atoms with Crippen molar-refractivity contribution in [1.82, 2.24) is 5.32 Å². The van der Waals surface area contributed by atoms with Crippen LogP contribution in [0.4, 0.5) is 0 Å². The first-order valence-corrected chi connectivity index (χ1v) is 7.20. The van der Waals surface area contributed by atoms with Crippen LogP contribution in [0.2, 0.25) is 0 Å². The second kappa shape index (κ2) is 6.80. The predicted octanol–water partition coefficient (Wildman–Crippen LogP) is 4.23. The Labute approximate surface area is 106 Å². The van der Waals surface area contributed by atoms with Crippen LogP contribution in [0.15, 0.2) is 24.3 Å². The Morgan fingerprint density at radius 3 is 2.82 bits per heavy atom. The van der Waals surface area contributed by atoms with Gasteiger partial charge in [-0.15, -0.1) is 0 Å². The number of unbranched alkanes of at least 4 members (excludes halogenated alkanes) is 4. The molecular formula is C16H25N. The summed E-state index contributed by atoms with van der Waals surface area (Å²) in [6.07, 6.45) is 8.31. The largest absolute Gasteiger partial charge is 0.312 e. The van der Waals surface area contributed by atoms with Gasteiger partial charge in [-0.3, -0.25) is 0 Å². The van der Waals surface area contributed by atoms with Crippen molar-refractivity contribution in [3.05, 3.63) is 35.4 Å². The fourth-order valence-electron chi connectivity index (χ4n) is 2.84. The average molecular weight is 231 g/mol. The maximum Gasteiger partial charge on any atom is 0.0208 e. The zero-order valence-electron chi connectivity index (χ0n) is 11.0. The molecule has 1 heteroatoms. The smallest absolute Gasteiger partial charge is 0.0208 e. The van der Waals surface area contributed by atoms with Crippen LogP contribution >= 0.6 is 0 Å². The van der Waals surface area contributed by atoms with Gasteiger partial charge in [0.15, 0.2) is 0 Å². The van der Waals surface area contributed by atoms with E-state index in [2.05, 4.69) is 36.5 Å². The van der Waals surface area contributed by atoms with Crippen molar-refractivity contribution < 1.29 is 0 Å². The molecule has 1 aromatic carbocycles.